The molecule has 0 radical (unpaired) electrons. The van der Waals surface area contributed by atoms with Crippen LogP contribution in [0.25, 0.3) is 0 Å². The molecule has 2 aromatic rings. The molecule has 1 aliphatic heterocycles. The van der Waals surface area contributed by atoms with E-state index in [0.29, 0.717) is 11.3 Å². The number of rotatable bonds is 3. The second-order valence-electron chi connectivity index (χ2n) is 6.38. The number of allylic oxidation sites excluding steroid dienone is 1. The normalized spacial score (nSPS) is 16.8. The van der Waals surface area contributed by atoms with Gasteiger partial charge in [-0.15, -0.1) is 0 Å². The van der Waals surface area contributed by atoms with Crippen molar-refractivity contribution in [3.63, 3.8) is 0 Å². The van der Waals surface area contributed by atoms with Crippen molar-refractivity contribution in [3.8, 4) is 0 Å². The number of benzene rings is 2. The van der Waals surface area contributed by atoms with Gasteiger partial charge in [0.25, 0.3) is 5.91 Å². The highest BCUT2D eigenvalue weighted by molar-refractivity contribution is 9.10. The molecular weight excluding hydrogens is 394 g/mol. The Balaban J connectivity index is 1.95. The molecule has 0 bridgehead atoms. The highest BCUT2D eigenvalue weighted by Crippen LogP contribution is 2.29. The number of hydrogen-bond donors (Lipinski definition) is 3. The summed E-state index contributed by atoms with van der Waals surface area (Å²) in [5.74, 6) is -0.247. The Morgan fingerprint density at radius 1 is 1.08 bits per heavy atom. The van der Waals surface area contributed by atoms with E-state index in [2.05, 4.69) is 31.9 Å². The van der Waals surface area contributed by atoms with Gasteiger partial charge in [0, 0.05) is 15.9 Å². The zero-order valence-corrected chi connectivity index (χ0v) is 16.4. The van der Waals surface area contributed by atoms with Crippen molar-refractivity contribution < 1.29 is 9.59 Å². The zero-order valence-electron chi connectivity index (χ0n) is 14.8. The lowest BCUT2D eigenvalue weighted by Crippen LogP contribution is -2.45. The van der Waals surface area contributed by atoms with E-state index in [9.17, 15) is 9.59 Å². The number of carbonyl (C=O) groups excluding carboxylic acids is 2. The first kappa shape index (κ1) is 18.2. The van der Waals surface area contributed by atoms with Gasteiger partial charge in [-0.3, -0.25) is 4.79 Å². The fourth-order valence-electron chi connectivity index (χ4n) is 2.95. The van der Waals surface area contributed by atoms with Gasteiger partial charge in [0.2, 0.25) is 0 Å². The summed E-state index contributed by atoms with van der Waals surface area (Å²) < 4.78 is 0.884. The molecule has 3 rings (SSSR count). The molecule has 3 amide bonds. The molecule has 3 N–H and O–H groups in total. The number of carbonyl (C=O) groups is 2. The minimum absolute atomic E-state index is 0.247. The van der Waals surface area contributed by atoms with E-state index in [-0.39, 0.29) is 11.9 Å². The summed E-state index contributed by atoms with van der Waals surface area (Å²) in [6, 6.07) is 12.5. The third-order valence-electron chi connectivity index (χ3n) is 4.46. The standard InChI is InChI=1S/C20H20BrN3O2/c1-11-7-8-16(9-12(11)2)23-19(25)17-13(3)22-20(26)24-18(17)14-5-4-6-15(21)10-14/h4-10,18H,1-3H3,(H,23,25)(H2,22,24,26)/t18-/m0/s1. The number of anilines is 1. The minimum atomic E-state index is -0.521. The van der Waals surface area contributed by atoms with E-state index in [1.165, 1.54) is 0 Å². The number of nitrogens with one attached hydrogen (secondary N) is 3. The van der Waals surface area contributed by atoms with Crippen LogP contribution in [0, 0.1) is 13.8 Å². The SMILES string of the molecule is CC1=C(C(=O)Nc2ccc(C)c(C)c2)[C@H](c2cccc(Br)c2)NC(=O)N1. The van der Waals surface area contributed by atoms with E-state index in [1.54, 1.807) is 6.92 Å². The number of halogens is 1. The van der Waals surface area contributed by atoms with E-state index in [0.717, 1.165) is 26.9 Å². The summed E-state index contributed by atoms with van der Waals surface area (Å²) in [7, 11) is 0. The Morgan fingerprint density at radius 3 is 2.54 bits per heavy atom. The Labute approximate surface area is 161 Å². The third kappa shape index (κ3) is 3.80. The molecule has 1 aliphatic rings. The van der Waals surface area contributed by atoms with E-state index >= 15 is 0 Å². The molecule has 0 unspecified atom stereocenters. The maximum absolute atomic E-state index is 13.0. The van der Waals surface area contributed by atoms with Crippen LogP contribution in [-0.4, -0.2) is 11.9 Å². The summed E-state index contributed by atoms with van der Waals surface area (Å²) in [6.07, 6.45) is 0. The van der Waals surface area contributed by atoms with E-state index in [4.69, 9.17) is 0 Å². The topological polar surface area (TPSA) is 70.2 Å². The highest BCUT2D eigenvalue weighted by Gasteiger charge is 2.31. The molecule has 0 saturated heterocycles. The summed E-state index contributed by atoms with van der Waals surface area (Å²) in [4.78, 5) is 24.9. The fourth-order valence-corrected chi connectivity index (χ4v) is 3.37. The Hall–Kier alpha value is -2.60. The molecule has 1 atom stereocenters. The number of urea groups is 1. The average molecular weight is 414 g/mol. The molecule has 0 aliphatic carbocycles. The van der Waals surface area contributed by atoms with E-state index in [1.807, 2.05) is 56.3 Å². The van der Waals surface area contributed by atoms with Crippen molar-refractivity contribution in [1.82, 2.24) is 10.6 Å². The van der Waals surface area contributed by atoms with Crippen LogP contribution in [0.15, 0.2) is 58.2 Å². The molecule has 0 fully saturated rings. The second kappa shape index (κ2) is 7.33. The zero-order chi connectivity index (χ0) is 18.8. The predicted molar refractivity (Wildman–Crippen MR) is 106 cm³/mol. The Bertz CT molecular complexity index is 921. The molecule has 5 nitrogen and oxygen atoms in total. The average Bonchev–Trinajstić information content (AvgIpc) is 2.57. The fraction of sp³-hybridized carbons (Fsp3) is 0.200. The van der Waals surface area contributed by atoms with Crippen LogP contribution in [0.4, 0.5) is 10.5 Å². The molecule has 1 heterocycles. The van der Waals surface area contributed by atoms with Gasteiger partial charge in [-0.25, -0.2) is 4.79 Å². The Kier molecular flexibility index (Phi) is 5.13. The predicted octanol–water partition coefficient (Wildman–Crippen LogP) is 4.33. The lowest BCUT2D eigenvalue weighted by atomic mass is 9.95. The maximum atomic E-state index is 13.0. The van der Waals surface area contributed by atoms with Gasteiger partial charge in [0.15, 0.2) is 0 Å². The summed E-state index contributed by atoms with van der Waals surface area (Å²) in [5, 5.41) is 8.47. The summed E-state index contributed by atoms with van der Waals surface area (Å²) in [5.41, 5.74) is 4.85. The number of aryl methyl sites for hydroxylation is 2. The van der Waals surface area contributed by atoms with Gasteiger partial charge in [-0.05, 0) is 61.7 Å². The van der Waals surface area contributed by atoms with Gasteiger partial charge in [-0.2, -0.15) is 0 Å². The number of amides is 3. The van der Waals surface area contributed by atoms with Gasteiger partial charge in [0.1, 0.15) is 0 Å². The molecule has 6 heteroatoms. The van der Waals surface area contributed by atoms with Crippen molar-refractivity contribution in [3.05, 3.63) is 74.9 Å². The van der Waals surface area contributed by atoms with Gasteiger partial charge in [-0.1, -0.05) is 34.1 Å². The third-order valence-corrected chi connectivity index (χ3v) is 4.95. The monoisotopic (exact) mass is 413 g/mol. The van der Waals surface area contributed by atoms with Crippen molar-refractivity contribution >= 4 is 33.6 Å². The first-order valence-corrected chi connectivity index (χ1v) is 9.07. The molecule has 0 saturated carbocycles. The van der Waals surface area contributed by atoms with Crippen LogP contribution in [0.5, 0.6) is 0 Å². The first-order chi connectivity index (χ1) is 12.3. The first-order valence-electron chi connectivity index (χ1n) is 8.27. The van der Waals surface area contributed by atoms with Crippen LogP contribution in [-0.2, 0) is 4.79 Å². The van der Waals surface area contributed by atoms with Crippen LogP contribution in [0.2, 0.25) is 0 Å². The quantitative estimate of drug-likeness (QED) is 0.700. The number of hydrogen-bond acceptors (Lipinski definition) is 2. The molecular formula is C20H20BrN3O2. The smallest absolute Gasteiger partial charge is 0.319 e. The van der Waals surface area contributed by atoms with Gasteiger partial charge < -0.3 is 16.0 Å². The molecule has 134 valence electrons. The molecule has 0 aromatic heterocycles. The highest BCUT2D eigenvalue weighted by atomic mass is 79.9. The van der Waals surface area contributed by atoms with Crippen molar-refractivity contribution in [2.24, 2.45) is 0 Å². The van der Waals surface area contributed by atoms with Crippen LogP contribution >= 0.6 is 15.9 Å². The van der Waals surface area contributed by atoms with Crippen LogP contribution in [0.3, 0.4) is 0 Å². The van der Waals surface area contributed by atoms with Crippen molar-refractivity contribution in [2.45, 2.75) is 26.8 Å². The van der Waals surface area contributed by atoms with Gasteiger partial charge >= 0.3 is 6.03 Å². The lowest BCUT2D eigenvalue weighted by Gasteiger charge is -2.28. The molecule has 0 spiro atoms. The molecule has 26 heavy (non-hydrogen) atoms. The largest absolute Gasteiger partial charge is 0.327 e. The van der Waals surface area contributed by atoms with E-state index < -0.39 is 6.04 Å². The van der Waals surface area contributed by atoms with Gasteiger partial charge in [0.05, 0.1) is 11.6 Å². The second-order valence-corrected chi connectivity index (χ2v) is 7.29. The van der Waals surface area contributed by atoms with Crippen molar-refractivity contribution in [2.75, 3.05) is 5.32 Å². The maximum Gasteiger partial charge on any atom is 0.319 e. The lowest BCUT2D eigenvalue weighted by molar-refractivity contribution is -0.113. The Morgan fingerprint density at radius 2 is 1.85 bits per heavy atom. The summed E-state index contributed by atoms with van der Waals surface area (Å²) in [6.45, 7) is 5.76. The minimum Gasteiger partial charge on any atom is -0.327 e. The molecule has 2 aromatic carbocycles. The van der Waals surface area contributed by atoms with Crippen molar-refractivity contribution in [1.29, 1.82) is 0 Å². The summed E-state index contributed by atoms with van der Waals surface area (Å²) >= 11 is 3.44. The van der Waals surface area contributed by atoms with Crippen LogP contribution < -0.4 is 16.0 Å². The van der Waals surface area contributed by atoms with Crippen LogP contribution in [0.1, 0.15) is 29.7 Å².